The molecule has 0 aromatic heterocycles. The van der Waals surface area contributed by atoms with E-state index in [1.54, 1.807) is 37.3 Å². The van der Waals surface area contributed by atoms with Gasteiger partial charge in [0.25, 0.3) is 0 Å². The molecule has 0 saturated carbocycles. The Balaban J connectivity index is 2.69. The summed E-state index contributed by atoms with van der Waals surface area (Å²) in [4.78, 5) is 11.3. The van der Waals surface area contributed by atoms with Crippen molar-refractivity contribution in [1.82, 2.24) is 0 Å². The average molecular weight is 258 g/mol. The summed E-state index contributed by atoms with van der Waals surface area (Å²) in [6.07, 6.45) is -0.397. The minimum Gasteiger partial charge on any atom is -0.465 e. The van der Waals surface area contributed by atoms with Crippen LogP contribution in [0.3, 0.4) is 0 Å². The van der Waals surface area contributed by atoms with Crippen molar-refractivity contribution in [3.8, 4) is 5.75 Å². The molecule has 1 aromatic carbocycles. The topological polar surface area (TPSA) is 61.8 Å². The van der Waals surface area contributed by atoms with Gasteiger partial charge in [-0.05, 0) is 19.1 Å². The van der Waals surface area contributed by atoms with Gasteiger partial charge in [0.2, 0.25) is 0 Å². The van der Waals surface area contributed by atoms with Crippen LogP contribution in [0.2, 0.25) is 0 Å². The predicted octanol–water partition coefficient (Wildman–Crippen LogP) is 2.47. The summed E-state index contributed by atoms with van der Waals surface area (Å²) in [5.41, 5.74) is 0. The van der Waals surface area contributed by atoms with Crippen molar-refractivity contribution in [3.63, 3.8) is 0 Å². The van der Waals surface area contributed by atoms with Crippen molar-refractivity contribution in [2.45, 2.75) is 6.92 Å². The molecule has 1 unspecified atom stereocenters. The summed E-state index contributed by atoms with van der Waals surface area (Å²) < 4.78 is 26.8. The van der Waals surface area contributed by atoms with Crippen LogP contribution in [0.4, 0.5) is 0 Å². The van der Waals surface area contributed by atoms with Crippen LogP contribution in [0, 0.1) is 0 Å². The molecule has 6 heteroatoms. The molecule has 0 radical (unpaired) electrons. The van der Waals surface area contributed by atoms with Gasteiger partial charge in [0.05, 0.1) is 6.61 Å². The van der Waals surface area contributed by atoms with Crippen LogP contribution in [0.25, 0.3) is 0 Å². The van der Waals surface area contributed by atoms with Gasteiger partial charge in [0.1, 0.15) is 5.75 Å². The van der Waals surface area contributed by atoms with E-state index in [-0.39, 0.29) is 6.61 Å². The van der Waals surface area contributed by atoms with E-state index >= 15 is 0 Å². The largest absolute Gasteiger partial charge is 0.465 e. The highest BCUT2D eigenvalue weighted by molar-refractivity contribution is 7.55. The van der Waals surface area contributed by atoms with Crippen molar-refractivity contribution in [1.29, 1.82) is 0 Å². The first-order chi connectivity index (χ1) is 8.09. The van der Waals surface area contributed by atoms with Gasteiger partial charge in [-0.15, -0.1) is 0 Å². The molecule has 94 valence electrons. The van der Waals surface area contributed by atoms with Gasteiger partial charge in [-0.1, -0.05) is 18.2 Å². The third-order valence-electron chi connectivity index (χ3n) is 1.89. The molecule has 0 amide bonds. The SMILES string of the molecule is CCOC(=O)CP(=O)(OC)Oc1ccccc1. The summed E-state index contributed by atoms with van der Waals surface area (Å²) >= 11 is 0. The van der Waals surface area contributed by atoms with Crippen LogP contribution >= 0.6 is 7.60 Å². The number of para-hydroxylation sites is 1. The lowest BCUT2D eigenvalue weighted by molar-refractivity contribution is -0.140. The lowest BCUT2D eigenvalue weighted by atomic mass is 10.3. The lowest BCUT2D eigenvalue weighted by Crippen LogP contribution is -2.13. The second-order valence-corrected chi connectivity index (χ2v) is 5.25. The number of rotatable bonds is 6. The smallest absolute Gasteiger partial charge is 0.390 e. The second-order valence-electron chi connectivity index (χ2n) is 3.16. The maximum absolute atomic E-state index is 12.1. The predicted molar refractivity (Wildman–Crippen MR) is 63.2 cm³/mol. The Hall–Kier alpha value is -1.32. The minimum atomic E-state index is -3.48. The Morgan fingerprint density at radius 3 is 2.47 bits per heavy atom. The van der Waals surface area contributed by atoms with Gasteiger partial charge in [0, 0.05) is 7.11 Å². The fraction of sp³-hybridized carbons (Fsp3) is 0.364. The molecule has 0 aliphatic heterocycles. The minimum absolute atomic E-state index is 0.230. The molecule has 0 spiro atoms. The molecule has 0 fully saturated rings. The highest BCUT2D eigenvalue weighted by Gasteiger charge is 2.29. The van der Waals surface area contributed by atoms with E-state index in [1.165, 1.54) is 7.11 Å². The normalized spacial score (nSPS) is 13.8. The number of hydrogen-bond donors (Lipinski definition) is 0. The molecule has 0 N–H and O–H groups in total. The van der Waals surface area contributed by atoms with Gasteiger partial charge in [-0.2, -0.15) is 0 Å². The van der Waals surface area contributed by atoms with Crippen LogP contribution in [-0.2, 0) is 18.6 Å². The molecule has 1 rings (SSSR count). The van der Waals surface area contributed by atoms with Crippen LogP contribution in [0.5, 0.6) is 5.75 Å². The average Bonchev–Trinajstić information content (AvgIpc) is 2.30. The van der Waals surface area contributed by atoms with Crippen LogP contribution in [-0.4, -0.2) is 25.8 Å². The van der Waals surface area contributed by atoms with Gasteiger partial charge in [-0.25, -0.2) is 4.57 Å². The molecule has 0 aliphatic carbocycles. The first kappa shape index (κ1) is 13.7. The van der Waals surface area contributed by atoms with Crippen LogP contribution in [0.15, 0.2) is 30.3 Å². The Morgan fingerprint density at radius 1 is 1.29 bits per heavy atom. The first-order valence-electron chi connectivity index (χ1n) is 5.14. The Morgan fingerprint density at radius 2 is 1.94 bits per heavy atom. The lowest BCUT2D eigenvalue weighted by Gasteiger charge is -2.16. The summed E-state index contributed by atoms with van der Waals surface area (Å²) in [6, 6.07) is 8.54. The van der Waals surface area contributed by atoms with Gasteiger partial charge in [-0.3, -0.25) is 4.79 Å². The summed E-state index contributed by atoms with van der Waals surface area (Å²) in [7, 11) is -2.24. The molecule has 17 heavy (non-hydrogen) atoms. The molecule has 1 atom stereocenters. The highest BCUT2D eigenvalue weighted by atomic mass is 31.2. The Labute approximate surface area is 100 Å². The number of hydrogen-bond acceptors (Lipinski definition) is 5. The number of benzene rings is 1. The Bertz CT molecular complexity index is 404. The molecular weight excluding hydrogens is 243 g/mol. The maximum Gasteiger partial charge on any atom is 0.390 e. The quantitative estimate of drug-likeness (QED) is 0.579. The van der Waals surface area contributed by atoms with Crippen molar-refractivity contribution >= 4 is 13.6 Å². The van der Waals surface area contributed by atoms with Crippen LogP contribution < -0.4 is 4.52 Å². The fourth-order valence-corrected chi connectivity index (χ4v) is 2.26. The number of esters is 1. The van der Waals surface area contributed by atoms with Gasteiger partial charge < -0.3 is 13.8 Å². The molecular formula is C11H15O5P. The molecule has 5 nitrogen and oxygen atoms in total. The van der Waals surface area contributed by atoms with Crippen LogP contribution in [0.1, 0.15) is 6.92 Å². The molecule has 0 saturated heterocycles. The van der Waals surface area contributed by atoms with E-state index < -0.39 is 19.7 Å². The third-order valence-corrected chi connectivity index (χ3v) is 3.58. The number of ether oxygens (including phenoxy) is 1. The molecule has 0 heterocycles. The molecule has 0 bridgehead atoms. The van der Waals surface area contributed by atoms with Crippen molar-refractivity contribution in [2.75, 3.05) is 19.9 Å². The van der Waals surface area contributed by atoms with E-state index in [0.29, 0.717) is 5.75 Å². The third kappa shape index (κ3) is 4.59. The molecule has 0 aliphatic rings. The van der Waals surface area contributed by atoms with E-state index in [9.17, 15) is 9.36 Å². The zero-order chi connectivity index (χ0) is 12.7. The Kier molecular flexibility index (Phi) is 5.19. The number of carbonyl (C=O) groups is 1. The molecule has 1 aromatic rings. The second kappa shape index (κ2) is 6.42. The van der Waals surface area contributed by atoms with E-state index in [2.05, 4.69) is 0 Å². The van der Waals surface area contributed by atoms with Gasteiger partial charge in [0.15, 0.2) is 6.16 Å². The van der Waals surface area contributed by atoms with Gasteiger partial charge >= 0.3 is 13.6 Å². The first-order valence-corrected chi connectivity index (χ1v) is 6.87. The van der Waals surface area contributed by atoms with E-state index in [4.69, 9.17) is 13.8 Å². The summed E-state index contributed by atoms with van der Waals surface area (Å²) in [6.45, 7) is 1.90. The standard InChI is InChI=1S/C11H15O5P/c1-3-15-11(12)9-17(13,14-2)16-10-7-5-4-6-8-10/h4-8H,3,9H2,1-2H3. The summed E-state index contributed by atoms with van der Waals surface area (Å²) in [5.74, 6) is -0.212. The van der Waals surface area contributed by atoms with Crippen molar-refractivity contribution in [2.24, 2.45) is 0 Å². The van der Waals surface area contributed by atoms with Crippen molar-refractivity contribution < 1.29 is 23.1 Å². The maximum atomic E-state index is 12.1. The van der Waals surface area contributed by atoms with Crippen molar-refractivity contribution in [3.05, 3.63) is 30.3 Å². The zero-order valence-corrected chi connectivity index (χ0v) is 10.7. The number of carbonyl (C=O) groups excluding carboxylic acids is 1. The zero-order valence-electron chi connectivity index (χ0n) is 9.79. The highest BCUT2D eigenvalue weighted by Crippen LogP contribution is 2.47. The summed E-state index contributed by atoms with van der Waals surface area (Å²) in [5, 5.41) is 0. The fourth-order valence-electron chi connectivity index (χ4n) is 1.14. The van der Waals surface area contributed by atoms with E-state index in [1.807, 2.05) is 0 Å². The van der Waals surface area contributed by atoms with E-state index in [0.717, 1.165) is 0 Å². The monoisotopic (exact) mass is 258 g/mol.